The zero-order valence-corrected chi connectivity index (χ0v) is 16.6. The van der Waals surface area contributed by atoms with Crippen molar-refractivity contribution in [1.29, 1.82) is 0 Å². The van der Waals surface area contributed by atoms with Gasteiger partial charge >= 0.3 is 0 Å². The van der Waals surface area contributed by atoms with E-state index >= 15 is 0 Å². The summed E-state index contributed by atoms with van der Waals surface area (Å²) in [6, 6.07) is 10.3. The highest BCUT2D eigenvalue weighted by atomic mass is 16.5. The first-order chi connectivity index (χ1) is 13.2. The lowest BCUT2D eigenvalue weighted by Crippen LogP contribution is -2.42. The average Bonchev–Trinajstić information content (AvgIpc) is 2.70. The fourth-order valence-electron chi connectivity index (χ4n) is 3.69. The molecule has 5 nitrogen and oxygen atoms in total. The number of amides is 2. The van der Waals surface area contributed by atoms with Crippen LogP contribution in [0.2, 0.25) is 0 Å². The Balaban J connectivity index is 1.72. The first-order valence-electron chi connectivity index (χ1n) is 10.3. The molecule has 0 atom stereocenters. The predicted molar refractivity (Wildman–Crippen MR) is 107 cm³/mol. The van der Waals surface area contributed by atoms with Crippen LogP contribution in [0.5, 0.6) is 0 Å². The van der Waals surface area contributed by atoms with Crippen molar-refractivity contribution < 1.29 is 14.3 Å². The predicted octanol–water partition coefficient (Wildman–Crippen LogP) is 3.18. The minimum Gasteiger partial charge on any atom is -0.383 e. The van der Waals surface area contributed by atoms with Gasteiger partial charge in [-0.3, -0.25) is 9.59 Å². The largest absolute Gasteiger partial charge is 0.383 e. The third-order valence-electron chi connectivity index (χ3n) is 5.29. The van der Waals surface area contributed by atoms with Gasteiger partial charge in [-0.05, 0) is 37.2 Å². The highest BCUT2D eigenvalue weighted by Gasteiger charge is 2.18. The molecule has 0 unspecified atom stereocenters. The summed E-state index contributed by atoms with van der Waals surface area (Å²) in [5.74, 6) is 0.465. The second kappa shape index (κ2) is 12.5. The van der Waals surface area contributed by atoms with Crippen LogP contribution in [0.4, 0.5) is 0 Å². The monoisotopic (exact) mass is 374 g/mol. The van der Waals surface area contributed by atoms with Crippen LogP contribution in [-0.4, -0.2) is 50.1 Å². The van der Waals surface area contributed by atoms with E-state index in [0.29, 0.717) is 32.0 Å². The topological polar surface area (TPSA) is 58.6 Å². The zero-order valence-electron chi connectivity index (χ0n) is 16.6. The van der Waals surface area contributed by atoms with Gasteiger partial charge in [0.15, 0.2) is 0 Å². The van der Waals surface area contributed by atoms with Crippen LogP contribution in [0.15, 0.2) is 30.3 Å². The minimum atomic E-state index is -0.0305. The van der Waals surface area contributed by atoms with Crippen LogP contribution in [0, 0.1) is 5.92 Å². The summed E-state index contributed by atoms with van der Waals surface area (Å²) in [5, 5.41) is 2.82. The quantitative estimate of drug-likeness (QED) is 0.647. The van der Waals surface area contributed by atoms with Gasteiger partial charge in [0.1, 0.15) is 0 Å². The van der Waals surface area contributed by atoms with Crippen molar-refractivity contribution in [2.75, 3.05) is 33.4 Å². The number of methoxy groups -OCH3 is 1. The van der Waals surface area contributed by atoms with Gasteiger partial charge in [-0.25, -0.2) is 0 Å². The smallest absolute Gasteiger partial charge is 0.242 e. The van der Waals surface area contributed by atoms with Crippen molar-refractivity contribution in [3.63, 3.8) is 0 Å². The lowest BCUT2D eigenvalue weighted by molar-refractivity contribution is -0.133. The van der Waals surface area contributed by atoms with Crippen molar-refractivity contribution in [1.82, 2.24) is 10.2 Å². The molecule has 1 fully saturated rings. The highest BCUT2D eigenvalue weighted by Crippen LogP contribution is 2.25. The molecular formula is C22H34N2O3. The third-order valence-corrected chi connectivity index (χ3v) is 5.29. The van der Waals surface area contributed by atoms with E-state index < -0.39 is 0 Å². The molecule has 2 rings (SSSR count). The van der Waals surface area contributed by atoms with Gasteiger partial charge in [0, 0.05) is 26.6 Å². The number of ether oxygens (including phenoxy) is 1. The Hall–Kier alpha value is -1.88. The summed E-state index contributed by atoms with van der Waals surface area (Å²) < 4.78 is 5.13. The van der Waals surface area contributed by atoms with Crippen molar-refractivity contribution >= 4 is 11.8 Å². The molecule has 0 heterocycles. The number of nitrogens with zero attached hydrogens (tertiary/aromatic N) is 1. The molecule has 0 spiro atoms. The van der Waals surface area contributed by atoms with E-state index in [9.17, 15) is 9.59 Å². The molecule has 2 amide bonds. The Morgan fingerprint density at radius 2 is 1.85 bits per heavy atom. The van der Waals surface area contributed by atoms with Crippen molar-refractivity contribution in [2.24, 2.45) is 5.92 Å². The molecule has 5 heteroatoms. The molecule has 1 aliphatic rings. The molecule has 1 aliphatic carbocycles. The Labute approximate surface area is 163 Å². The summed E-state index contributed by atoms with van der Waals surface area (Å²) in [6.45, 7) is 1.83. The second-order valence-corrected chi connectivity index (χ2v) is 7.45. The maximum Gasteiger partial charge on any atom is 0.242 e. The van der Waals surface area contributed by atoms with Crippen LogP contribution in [0.1, 0.15) is 50.5 Å². The molecule has 150 valence electrons. The van der Waals surface area contributed by atoms with Crippen LogP contribution in [0.3, 0.4) is 0 Å². The molecule has 1 aromatic rings. The van der Waals surface area contributed by atoms with Gasteiger partial charge in [0.05, 0.1) is 13.2 Å². The van der Waals surface area contributed by atoms with Crippen LogP contribution in [0.25, 0.3) is 0 Å². The van der Waals surface area contributed by atoms with E-state index in [2.05, 4.69) is 17.4 Å². The molecule has 1 aromatic carbocycles. The normalized spacial score (nSPS) is 14.7. The van der Waals surface area contributed by atoms with Crippen LogP contribution < -0.4 is 5.32 Å². The fourth-order valence-corrected chi connectivity index (χ4v) is 3.69. The Kier molecular flexibility index (Phi) is 9.91. The Morgan fingerprint density at radius 1 is 1.11 bits per heavy atom. The van der Waals surface area contributed by atoms with Gasteiger partial charge in [0.2, 0.25) is 11.8 Å². The number of rotatable bonds is 11. The van der Waals surface area contributed by atoms with Crippen LogP contribution in [-0.2, 0) is 20.7 Å². The Bertz CT molecular complexity index is 556. The number of hydrogen-bond donors (Lipinski definition) is 1. The van der Waals surface area contributed by atoms with E-state index in [4.69, 9.17) is 4.74 Å². The summed E-state index contributed by atoms with van der Waals surface area (Å²) in [7, 11) is 1.64. The van der Waals surface area contributed by atoms with Gasteiger partial charge < -0.3 is 15.0 Å². The summed E-state index contributed by atoms with van der Waals surface area (Å²) in [6.07, 6.45) is 8.41. The fraction of sp³-hybridized carbons (Fsp3) is 0.636. The van der Waals surface area contributed by atoms with E-state index in [1.165, 1.54) is 24.8 Å². The van der Waals surface area contributed by atoms with E-state index in [1.807, 2.05) is 18.2 Å². The average molecular weight is 375 g/mol. The van der Waals surface area contributed by atoms with E-state index in [-0.39, 0.29) is 18.4 Å². The SMILES string of the molecule is COCCN(CCCc1ccccc1)C(=O)CNC(=O)CC1CCCCC1. The standard InChI is InChI=1S/C22H34N2O3/c1-27-16-15-24(14-8-13-19-9-4-2-5-10-19)22(26)18-23-21(25)17-20-11-6-3-7-12-20/h2,4-5,9-10,20H,3,6-8,11-18H2,1H3,(H,23,25). The summed E-state index contributed by atoms with van der Waals surface area (Å²) >= 11 is 0. The number of carbonyl (C=O) groups excluding carboxylic acids is 2. The van der Waals surface area contributed by atoms with E-state index in [1.54, 1.807) is 12.0 Å². The summed E-state index contributed by atoms with van der Waals surface area (Å²) in [4.78, 5) is 26.5. The molecular weight excluding hydrogens is 340 g/mol. The van der Waals surface area contributed by atoms with Crippen molar-refractivity contribution in [3.05, 3.63) is 35.9 Å². The molecule has 0 aromatic heterocycles. The van der Waals surface area contributed by atoms with E-state index in [0.717, 1.165) is 25.7 Å². The van der Waals surface area contributed by atoms with Gasteiger partial charge in [-0.2, -0.15) is 0 Å². The molecule has 27 heavy (non-hydrogen) atoms. The van der Waals surface area contributed by atoms with Gasteiger partial charge in [-0.1, -0.05) is 49.6 Å². The summed E-state index contributed by atoms with van der Waals surface area (Å²) in [5.41, 5.74) is 1.28. The minimum absolute atomic E-state index is 0.00577. The number of nitrogens with one attached hydrogen (secondary N) is 1. The highest BCUT2D eigenvalue weighted by molar-refractivity contribution is 5.84. The molecule has 1 N–H and O–H groups in total. The maximum absolute atomic E-state index is 12.5. The first kappa shape index (κ1) is 21.4. The zero-order chi connectivity index (χ0) is 19.3. The molecule has 0 radical (unpaired) electrons. The first-order valence-corrected chi connectivity index (χ1v) is 10.3. The third kappa shape index (κ3) is 8.57. The van der Waals surface area contributed by atoms with Crippen molar-refractivity contribution in [3.8, 4) is 0 Å². The number of benzene rings is 1. The van der Waals surface area contributed by atoms with Gasteiger partial charge in [-0.15, -0.1) is 0 Å². The second-order valence-electron chi connectivity index (χ2n) is 7.45. The van der Waals surface area contributed by atoms with Gasteiger partial charge in [0.25, 0.3) is 0 Å². The molecule has 1 saturated carbocycles. The molecule has 0 aliphatic heterocycles. The number of hydrogen-bond acceptors (Lipinski definition) is 3. The van der Waals surface area contributed by atoms with Crippen molar-refractivity contribution in [2.45, 2.75) is 51.4 Å². The number of carbonyl (C=O) groups is 2. The Morgan fingerprint density at radius 3 is 2.56 bits per heavy atom. The maximum atomic E-state index is 12.5. The molecule has 0 bridgehead atoms. The lowest BCUT2D eigenvalue weighted by atomic mass is 9.87. The molecule has 0 saturated heterocycles. The number of aryl methyl sites for hydroxylation is 1. The van der Waals surface area contributed by atoms with Crippen LogP contribution >= 0.6 is 0 Å². The lowest BCUT2D eigenvalue weighted by Gasteiger charge is -2.23.